The molecular formula is C13H20BrN5O. The van der Waals surface area contributed by atoms with Crippen molar-refractivity contribution in [3.8, 4) is 0 Å². The number of aryl methyl sites for hydroxylation is 1. The summed E-state index contributed by atoms with van der Waals surface area (Å²) < 4.78 is 4.44. The van der Waals surface area contributed by atoms with Crippen molar-refractivity contribution in [2.24, 2.45) is 0 Å². The predicted octanol–water partition coefficient (Wildman–Crippen LogP) is 1.51. The van der Waals surface area contributed by atoms with Crippen LogP contribution in [0.3, 0.4) is 0 Å². The highest BCUT2D eigenvalue weighted by atomic mass is 79.9. The Hall–Kier alpha value is -1.18. The van der Waals surface area contributed by atoms with E-state index >= 15 is 0 Å². The topological polar surface area (TPSA) is 59.1 Å². The summed E-state index contributed by atoms with van der Waals surface area (Å²) in [6.45, 7) is 4.39. The third-order valence-corrected chi connectivity index (χ3v) is 3.76. The van der Waals surface area contributed by atoms with Crippen molar-refractivity contribution in [1.29, 1.82) is 0 Å². The number of likely N-dealkylation sites (N-methyl/N-ethyl adjacent to an activating group) is 1. The highest BCUT2D eigenvalue weighted by molar-refractivity contribution is 9.10. The van der Waals surface area contributed by atoms with Gasteiger partial charge in [0.1, 0.15) is 6.10 Å². The second-order valence-corrected chi connectivity index (χ2v) is 5.79. The zero-order chi connectivity index (χ0) is 14.7. The predicted molar refractivity (Wildman–Crippen MR) is 80.4 cm³/mol. The molecule has 2 aromatic rings. The second kappa shape index (κ2) is 6.51. The maximum atomic E-state index is 10.6. The summed E-state index contributed by atoms with van der Waals surface area (Å²) in [4.78, 5) is 2.08. The van der Waals surface area contributed by atoms with Crippen LogP contribution in [0.15, 0.2) is 23.1 Å². The molecule has 0 saturated heterocycles. The van der Waals surface area contributed by atoms with Gasteiger partial charge in [0.25, 0.3) is 0 Å². The van der Waals surface area contributed by atoms with Gasteiger partial charge < -0.3 is 10.0 Å². The van der Waals surface area contributed by atoms with E-state index < -0.39 is 6.10 Å². The molecule has 6 nitrogen and oxygen atoms in total. The molecular weight excluding hydrogens is 322 g/mol. The van der Waals surface area contributed by atoms with Crippen LogP contribution in [-0.4, -0.2) is 50.2 Å². The van der Waals surface area contributed by atoms with Crippen molar-refractivity contribution in [2.45, 2.75) is 26.1 Å². The van der Waals surface area contributed by atoms with Crippen molar-refractivity contribution in [3.63, 3.8) is 0 Å². The van der Waals surface area contributed by atoms with Gasteiger partial charge in [0.2, 0.25) is 0 Å². The number of aromatic nitrogens is 4. The van der Waals surface area contributed by atoms with Gasteiger partial charge in [0.15, 0.2) is 0 Å². The first-order valence-electron chi connectivity index (χ1n) is 6.59. The van der Waals surface area contributed by atoms with Crippen molar-refractivity contribution in [3.05, 3.63) is 34.3 Å². The molecule has 0 bridgehead atoms. The molecule has 0 saturated carbocycles. The minimum Gasteiger partial charge on any atom is -0.382 e. The maximum Gasteiger partial charge on any atom is 0.125 e. The van der Waals surface area contributed by atoms with E-state index in [9.17, 15) is 5.11 Å². The van der Waals surface area contributed by atoms with E-state index in [-0.39, 0.29) is 0 Å². The molecule has 1 unspecified atom stereocenters. The first-order valence-corrected chi connectivity index (χ1v) is 7.38. The minimum absolute atomic E-state index is 0.727. The van der Waals surface area contributed by atoms with Crippen molar-refractivity contribution >= 4 is 15.9 Å². The Morgan fingerprint density at radius 2 is 2.10 bits per heavy atom. The highest BCUT2D eigenvalue weighted by Crippen LogP contribution is 2.28. The molecule has 0 aliphatic carbocycles. The molecule has 2 aromatic heterocycles. The van der Waals surface area contributed by atoms with E-state index in [0.717, 1.165) is 35.4 Å². The fourth-order valence-corrected chi connectivity index (χ4v) is 2.48. The molecule has 0 aromatic carbocycles. The summed E-state index contributed by atoms with van der Waals surface area (Å²) in [6, 6.07) is 0. The first-order chi connectivity index (χ1) is 9.52. The fourth-order valence-electron chi connectivity index (χ4n) is 1.97. The van der Waals surface area contributed by atoms with Crippen LogP contribution in [0.2, 0.25) is 0 Å². The molecule has 2 heterocycles. The normalized spacial score (nSPS) is 13.1. The van der Waals surface area contributed by atoms with Gasteiger partial charge in [-0.2, -0.15) is 10.2 Å². The van der Waals surface area contributed by atoms with Crippen LogP contribution < -0.4 is 0 Å². The molecule has 1 atom stereocenters. The van der Waals surface area contributed by atoms with E-state index in [1.165, 1.54) is 0 Å². The number of hydrogen-bond acceptors (Lipinski definition) is 4. The van der Waals surface area contributed by atoms with Gasteiger partial charge in [-0.25, -0.2) is 0 Å². The van der Waals surface area contributed by atoms with Crippen molar-refractivity contribution in [2.75, 3.05) is 20.6 Å². The van der Waals surface area contributed by atoms with Crippen LogP contribution in [0.4, 0.5) is 0 Å². The second-order valence-electron chi connectivity index (χ2n) is 4.94. The van der Waals surface area contributed by atoms with Crippen LogP contribution in [0, 0.1) is 0 Å². The quantitative estimate of drug-likeness (QED) is 0.865. The molecule has 20 heavy (non-hydrogen) atoms. The lowest BCUT2D eigenvalue weighted by atomic mass is 10.1. The van der Waals surface area contributed by atoms with E-state index in [1.807, 2.05) is 31.9 Å². The fraction of sp³-hybridized carbons (Fsp3) is 0.538. The Kier molecular flexibility index (Phi) is 4.95. The molecule has 1 N–H and O–H groups in total. The SMILES string of the molecule is CCn1cc(C(O)c2c(Br)cnn2CCN(C)C)cn1. The highest BCUT2D eigenvalue weighted by Gasteiger charge is 2.21. The van der Waals surface area contributed by atoms with Gasteiger partial charge in [-0.15, -0.1) is 0 Å². The zero-order valence-electron chi connectivity index (χ0n) is 12.0. The summed E-state index contributed by atoms with van der Waals surface area (Å²) in [7, 11) is 4.03. The number of nitrogens with zero attached hydrogens (tertiary/aromatic N) is 5. The monoisotopic (exact) mass is 341 g/mol. The Morgan fingerprint density at radius 3 is 2.70 bits per heavy atom. The largest absolute Gasteiger partial charge is 0.382 e. The van der Waals surface area contributed by atoms with Gasteiger partial charge in [-0.3, -0.25) is 9.36 Å². The molecule has 0 spiro atoms. The van der Waals surface area contributed by atoms with E-state index in [2.05, 4.69) is 31.0 Å². The summed E-state index contributed by atoms with van der Waals surface area (Å²) in [5, 5.41) is 19.1. The van der Waals surface area contributed by atoms with E-state index in [4.69, 9.17) is 0 Å². The smallest absolute Gasteiger partial charge is 0.125 e. The average molecular weight is 342 g/mol. The summed E-state index contributed by atoms with van der Waals surface area (Å²) in [5.74, 6) is 0. The van der Waals surface area contributed by atoms with Gasteiger partial charge in [0, 0.05) is 24.8 Å². The van der Waals surface area contributed by atoms with Gasteiger partial charge in [-0.1, -0.05) is 0 Å². The number of rotatable bonds is 6. The average Bonchev–Trinajstić information content (AvgIpc) is 3.02. The molecule has 7 heteroatoms. The molecule has 0 aliphatic rings. The molecule has 0 aliphatic heterocycles. The number of halogens is 1. The number of aliphatic hydroxyl groups is 1. The lowest BCUT2D eigenvalue weighted by molar-refractivity contribution is 0.204. The number of aliphatic hydroxyl groups excluding tert-OH is 1. The Labute approximate surface area is 127 Å². The van der Waals surface area contributed by atoms with E-state index in [1.54, 1.807) is 17.1 Å². The molecule has 0 amide bonds. The van der Waals surface area contributed by atoms with Crippen LogP contribution >= 0.6 is 15.9 Å². The maximum absolute atomic E-state index is 10.6. The van der Waals surface area contributed by atoms with Crippen molar-refractivity contribution in [1.82, 2.24) is 24.5 Å². The third-order valence-electron chi connectivity index (χ3n) is 3.14. The minimum atomic E-state index is -0.727. The van der Waals surface area contributed by atoms with Crippen LogP contribution in [0.1, 0.15) is 24.3 Å². The standard InChI is InChI=1S/C13H20BrN5O/c1-4-18-9-10(7-15-18)13(20)12-11(14)8-16-19(12)6-5-17(2)3/h7-9,13,20H,4-6H2,1-3H3. The Morgan fingerprint density at radius 1 is 1.35 bits per heavy atom. The Bertz CT molecular complexity index is 563. The zero-order valence-corrected chi connectivity index (χ0v) is 13.6. The van der Waals surface area contributed by atoms with Gasteiger partial charge in [-0.05, 0) is 36.9 Å². The molecule has 0 radical (unpaired) electrons. The van der Waals surface area contributed by atoms with Crippen LogP contribution in [-0.2, 0) is 13.1 Å². The molecule has 0 fully saturated rings. The summed E-state index contributed by atoms with van der Waals surface area (Å²) >= 11 is 3.46. The number of hydrogen-bond donors (Lipinski definition) is 1. The molecule has 2 rings (SSSR count). The van der Waals surface area contributed by atoms with Gasteiger partial charge >= 0.3 is 0 Å². The lowest BCUT2D eigenvalue weighted by Crippen LogP contribution is -2.21. The first kappa shape index (κ1) is 15.2. The lowest BCUT2D eigenvalue weighted by Gasteiger charge is -2.15. The third kappa shape index (κ3) is 3.28. The van der Waals surface area contributed by atoms with Crippen molar-refractivity contribution < 1.29 is 5.11 Å². The van der Waals surface area contributed by atoms with E-state index in [0.29, 0.717) is 0 Å². The molecule has 110 valence electrons. The van der Waals surface area contributed by atoms with Crippen LogP contribution in [0.25, 0.3) is 0 Å². The Balaban J connectivity index is 2.24. The van der Waals surface area contributed by atoms with Crippen LogP contribution in [0.5, 0.6) is 0 Å². The summed E-state index contributed by atoms with van der Waals surface area (Å²) in [5.41, 5.74) is 1.54. The summed E-state index contributed by atoms with van der Waals surface area (Å²) in [6.07, 6.45) is 4.55. The van der Waals surface area contributed by atoms with Gasteiger partial charge in [0.05, 0.1) is 29.1 Å².